The fraction of sp³-hybridized carbons (Fsp3) is 0.438. The number of carboxylic acids is 1. The summed E-state index contributed by atoms with van der Waals surface area (Å²) in [6.07, 6.45) is 2.16. The number of aryl methyl sites for hydroxylation is 1. The number of hydrogen-bond donors (Lipinski definition) is 1. The summed E-state index contributed by atoms with van der Waals surface area (Å²) in [5.74, 6) is 0.796. The first kappa shape index (κ1) is 14.7. The molecule has 1 aromatic heterocycles. The Balaban J connectivity index is 1.63. The average molecular weight is 301 g/mol. The largest absolute Gasteiger partial charge is 0.478 e. The van der Waals surface area contributed by atoms with Crippen LogP contribution in [-0.2, 0) is 6.54 Å². The van der Waals surface area contributed by atoms with Gasteiger partial charge < -0.3 is 9.63 Å². The second-order valence-electron chi connectivity index (χ2n) is 5.76. The van der Waals surface area contributed by atoms with Gasteiger partial charge in [0.15, 0.2) is 5.82 Å². The fourth-order valence-corrected chi connectivity index (χ4v) is 2.89. The molecule has 1 aromatic carbocycles. The second-order valence-corrected chi connectivity index (χ2v) is 5.76. The van der Waals surface area contributed by atoms with Gasteiger partial charge in [-0.15, -0.1) is 0 Å². The number of carbonyl (C=O) groups is 1. The third-order valence-electron chi connectivity index (χ3n) is 4.01. The summed E-state index contributed by atoms with van der Waals surface area (Å²) < 4.78 is 5.29. The zero-order valence-corrected chi connectivity index (χ0v) is 12.5. The average Bonchev–Trinajstić information content (AvgIpc) is 2.95. The maximum atomic E-state index is 10.9. The van der Waals surface area contributed by atoms with Crippen molar-refractivity contribution in [3.63, 3.8) is 0 Å². The van der Waals surface area contributed by atoms with Crippen molar-refractivity contribution in [1.29, 1.82) is 0 Å². The fourth-order valence-electron chi connectivity index (χ4n) is 2.89. The number of nitrogens with zero attached hydrogens (tertiary/aromatic N) is 3. The third kappa shape index (κ3) is 3.33. The molecule has 0 amide bonds. The Bertz CT molecular complexity index is 651. The van der Waals surface area contributed by atoms with E-state index < -0.39 is 5.97 Å². The van der Waals surface area contributed by atoms with Crippen LogP contribution in [0.15, 0.2) is 28.8 Å². The highest BCUT2D eigenvalue weighted by molar-refractivity contribution is 5.87. The Kier molecular flexibility index (Phi) is 4.20. The van der Waals surface area contributed by atoms with E-state index in [0.29, 0.717) is 11.4 Å². The van der Waals surface area contributed by atoms with Crippen LogP contribution in [0.1, 0.15) is 46.4 Å². The molecular weight excluding hydrogens is 282 g/mol. The van der Waals surface area contributed by atoms with E-state index in [1.807, 2.05) is 19.1 Å². The summed E-state index contributed by atoms with van der Waals surface area (Å²) >= 11 is 0. The van der Waals surface area contributed by atoms with Crippen LogP contribution in [0.2, 0.25) is 0 Å². The Hall–Kier alpha value is -2.21. The van der Waals surface area contributed by atoms with E-state index in [9.17, 15) is 4.79 Å². The van der Waals surface area contributed by atoms with Gasteiger partial charge in [0.1, 0.15) is 0 Å². The SMILES string of the molecule is Cc1noc(C2CCCN(Cc3ccc(C(=O)O)cc3)C2)n1. The second kappa shape index (κ2) is 6.27. The van der Waals surface area contributed by atoms with Crippen LogP contribution >= 0.6 is 0 Å². The molecule has 0 aliphatic carbocycles. The van der Waals surface area contributed by atoms with Gasteiger partial charge in [0.25, 0.3) is 0 Å². The number of piperidine rings is 1. The van der Waals surface area contributed by atoms with E-state index in [4.69, 9.17) is 9.63 Å². The summed E-state index contributed by atoms with van der Waals surface area (Å²) in [6.45, 7) is 4.56. The molecule has 1 saturated heterocycles. The summed E-state index contributed by atoms with van der Waals surface area (Å²) in [5.41, 5.74) is 1.44. The molecule has 1 aliphatic heterocycles. The Labute approximate surface area is 128 Å². The lowest BCUT2D eigenvalue weighted by Crippen LogP contribution is -2.34. The van der Waals surface area contributed by atoms with Crippen LogP contribution in [0.4, 0.5) is 0 Å². The summed E-state index contributed by atoms with van der Waals surface area (Å²) in [4.78, 5) is 17.6. The van der Waals surface area contributed by atoms with Crippen LogP contribution in [0.25, 0.3) is 0 Å². The number of aromatic nitrogens is 2. The molecule has 0 spiro atoms. The Morgan fingerprint density at radius 3 is 2.82 bits per heavy atom. The number of aromatic carboxylic acids is 1. The standard InChI is InChI=1S/C16H19N3O3/c1-11-17-15(22-18-11)14-3-2-8-19(10-14)9-12-4-6-13(7-5-12)16(20)21/h4-7,14H,2-3,8-10H2,1H3,(H,20,21). The number of rotatable bonds is 4. The first-order chi connectivity index (χ1) is 10.6. The summed E-state index contributed by atoms with van der Waals surface area (Å²) in [7, 11) is 0. The zero-order valence-electron chi connectivity index (χ0n) is 12.5. The molecule has 6 heteroatoms. The van der Waals surface area contributed by atoms with Crippen molar-refractivity contribution in [2.45, 2.75) is 32.2 Å². The lowest BCUT2D eigenvalue weighted by molar-refractivity contribution is 0.0697. The number of carboxylic acid groups (broad SMARTS) is 1. The number of hydrogen-bond acceptors (Lipinski definition) is 5. The van der Waals surface area contributed by atoms with Crippen molar-refractivity contribution < 1.29 is 14.4 Å². The first-order valence-corrected chi connectivity index (χ1v) is 7.46. The minimum Gasteiger partial charge on any atom is -0.478 e. The summed E-state index contributed by atoms with van der Waals surface area (Å²) in [6, 6.07) is 7.06. The smallest absolute Gasteiger partial charge is 0.335 e. The molecule has 1 fully saturated rings. The minimum absolute atomic E-state index is 0.285. The van der Waals surface area contributed by atoms with E-state index in [2.05, 4.69) is 15.0 Å². The van der Waals surface area contributed by atoms with E-state index in [-0.39, 0.29) is 5.92 Å². The zero-order chi connectivity index (χ0) is 15.5. The van der Waals surface area contributed by atoms with Crippen molar-refractivity contribution in [2.24, 2.45) is 0 Å². The van der Waals surface area contributed by atoms with Crippen LogP contribution in [0.3, 0.4) is 0 Å². The van der Waals surface area contributed by atoms with E-state index >= 15 is 0 Å². The van der Waals surface area contributed by atoms with E-state index in [1.54, 1.807) is 12.1 Å². The van der Waals surface area contributed by atoms with Crippen molar-refractivity contribution in [3.05, 3.63) is 47.1 Å². The Morgan fingerprint density at radius 1 is 1.41 bits per heavy atom. The highest BCUT2D eigenvalue weighted by Crippen LogP contribution is 2.26. The van der Waals surface area contributed by atoms with Crippen molar-refractivity contribution in [2.75, 3.05) is 13.1 Å². The van der Waals surface area contributed by atoms with Crippen LogP contribution in [0.5, 0.6) is 0 Å². The molecule has 6 nitrogen and oxygen atoms in total. The van der Waals surface area contributed by atoms with Gasteiger partial charge in [0.2, 0.25) is 5.89 Å². The molecule has 0 radical (unpaired) electrons. The monoisotopic (exact) mass is 301 g/mol. The van der Waals surface area contributed by atoms with Gasteiger partial charge >= 0.3 is 5.97 Å². The van der Waals surface area contributed by atoms with Gasteiger partial charge in [-0.1, -0.05) is 17.3 Å². The Morgan fingerprint density at radius 2 is 2.18 bits per heavy atom. The minimum atomic E-state index is -0.892. The third-order valence-corrected chi connectivity index (χ3v) is 4.01. The molecular formula is C16H19N3O3. The van der Waals surface area contributed by atoms with Gasteiger partial charge in [-0.3, -0.25) is 4.90 Å². The lowest BCUT2D eigenvalue weighted by atomic mass is 9.97. The van der Waals surface area contributed by atoms with Gasteiger partial charge in [0.05, 0.1) is 11.5 Å². The maximum absolute atomic E-state index is 10.9. The molecule has 116 valence electrons. The summed E-state index contributed by atoms with van der Waals surface area (Å²) in [5, 5.41) is 12.8. The molecule has 0 saturated carbocycles. The quantitative estimate of drug-likeness (QED) is 0.934. The molecule has 1 N–H and O–H groups in total. The lowest BCUT2D eigenvalue weighted by Gasteiger charge is -2.30. The van der Waals surface area contributed by atoms with Crippen molar-refractivity contribution in [3.8, 4) is 0 Å². The molecule has 1 atom stereocenters. The van der Waals surface area contributed by atoms with Crippen LogP contribution < -0.4 is 0 Å². The van der Waals surface area contributed by atoms with Crippen LogP contribution in [0, 0.1) is 6.92 Å². The van der Waals surface area contributed by atoms with E-state index in [1.165, 1.54) is 0 Å². The first-order valence-electron chi connectivity index (χ1n) is 7.46. The van der Waals surface area contributed by atoms with Crippen molar-refractivity contribution >= 4 is 5.97 Å². The molecule has 22 heavy (non-hydrogen) atoms. The van der Waals surface area contributed by atoms with Crippen LogP contribution in [-0.4, -0.2) is 39.2 Å². The maximum Gasteiger partial charge on any atom is 0.335 e. The highest BCUT2D eigenvalue weighted by atomic mass is 16.5. The molecule has 0 bridgehead atoms. The van der Waals surface area contributed by atoms with Crippen molar-refractivity contribution in [1.82, 2.24) is 15.0 Å². The number of benzene rings is 1. The molecule has 1 unspecified atom stereocenters. The molecule has 1 aliphatic rings. The van der Waals surface area contributed by atoms with Gasteiger partial charge in [-0.05, 0) is 44.0 Å². The molecule has 2 aromatic rings. The van der Waals surface area contributed by atoms with Gasteiger partial charge in [-0.2, -0.15) is 4.98 Å². The van der Waals surface area contributed by atoms with E-state index in [0.717, 1.165) is 43.9 Å². The normalized spacial score (nSPS) is 19.2. The highest BCUT2D eigenvalue weighted by Gasteiger charge is 2.25. The predicted octanol–water partition coefficient (Wildman–Crippen LogP) is 2.46. The van der Waals surface area contributed by atoms with Gasteiger partial charge in [-0.25, -0.2) is 4.79 Å². The number of likely N-dealkylation sites (tertiary alicyclic amines) is 1. The predicted molar refractivity (Wildman–Crippen MR) is 79.7 cm³/mol. The van der Waals surface area contributed by atoms with Gasteiger partial charge in [0, 0.05) is 13.1 Å². The molecule has 3 rings (SSSR count). The topological polar surface area (TPSA) is 79.5 Å². The molecule has 2 heterocycles.